The molecule has 1 aromatic carbocycles. The van der Waals surface area contributed by atoms with Gasteiger partial charge < -0.3 is 5.73 Å². The molecule has 116 valence electrons. The summed E-state index contributed by atoms with van der Waals surface area (Å²) >= 11 is 4.13. The van der Waals surface area contributed by atoms with E-state index in [9.17, 15) is 13.2 Å². The van der Waals surface area contributed by atoms with Crippen LogP contribution in [0.4, 0.5) is 18.9 Å². The van der Waals surface area contributed by atoms with Gasteiger partial charge in [0.15, 0.2) is 0 Å². The Bertz CT molecular complexity index is 940. The van der Waals surface area contributed by atoms with Crippen molar-refractivity contribution in [1.82, 2.24) is 4.98 Å². The second kappa shape index (κ2) is 5.51. The highest BCUT2D eigenvalue weighted by molar-refractivity contribution is 9.10. The van der Waals surface area contributed by atoms with Gasteiger partial charge in [-0.1, -0.05) is 28.1 Å². The second-order valence-corrected chi connectivity index (χ2v) is 6.61. The summed E-state index contributed by atoms with van der Waals surface area (Å²) in [6.07, 6.45) is -4.59. The van der Waals surface area contributed by atoms with Crippen LogP contribution in [-0.4, -0.2) is 4.98 Å². The molecule has 0 unspecified atom stereocenters. The molecule has 0 atom stereocenters. The molecule has 0 saturated carbocycles. The third-order valence-corrected chi connectivity index (χ3v) is 4.78. The molecule has 23 heavy (non-hydrogen) atoms. The number of nitrogen functional groups attached to an aromatic ring is 1. The number of nitriles is 1. The Hall–Kier alpha value is -2.11. The molecule has 3 rings (SSSR count). The molecule has 0 amide bonds. The van der Waals surface area contributed by atoms with Gasteiger partial charge in [-0.2, -0.15) is 18.4 Å². The molecule has 2 heterocycles. The largest absolute Gasteiger partial charge is 0.417 e. The number of alkyl halides is 3. The van der Waals surface area contributed by atoms with Gasteiger partial charge in [-0.3, -0.25) is 0 Å². The number of anilines is 1. The van der Waals surface area contributed by atoms with Crippen molar-refractivity contribution in [3.05, 3.63) is 45.2 Å². The number of pyridine rings is 1. The maximum absolute atomic E-state index is 13.4. The lowest BCUT2D eigenvalue weighted by molar-refractivity contribution is -0.136. The first kappa shape index (κ1) is 15.8. The normalized spacial score (nSPS) is 11.6. The summed E-state index contributed by atoms with van der Waals surface area (Å²) in [6.45, 7) is 0. The predicted octanol–water partition coefficient (Wildman–Crippen LogP) is 5.20. The van der Waals surface area contributed by atoms with Crippen LogP contribution in [0.3, 0.4) is 0 Å². The van der Waals surface area contributed by atoms with Gasteiger partial charge in [-0.25, -0.2) is 4.98 Å². The van der Waals surface area contributed by atoms with Crippen molar-refractivity contribution in [3.63, 3.8) is 0 Å². The Morgan fingerprint density at radius 2 is 1.87 bits per heavy atom. The Balaban J connectivity index is 2.34. The van der Waals surface area contributed by atoms with Crippen molar-refractivity contribution in [1.29, 1.82) is 5.26 Å². The lowest BCUT2D eigenvalue weighted by Gasteiger charge is -2.11. The average molecular weight is 398 g/mol. The van der Waals surface area contributed by atoms with Crippen molar-refractivity contribution in [3.8, 4) is 17.3 Å². The summed E-state index contributed by atoms with van der Waals surface area (Å²) in [6, 6.07) is 9.55. The molecule has 0 radical (unpaired) electrons. The smallest absolute Gasteiger partial charge is 0.396 e. The SMILES string of the molecule is N#Cc1sc2nc(-c3ccc(Br)cc3)cc(C(F)(F)F)c2c1N. The van der Waals surface area contributed by atoms with Gasteiger partial charge >= 0.3 is 6.18 Å². The monoisotopic (exact) mass is 397 g/mol. The second-order valence-electron chi connectivity index (χ2n) is 4.70. The van der Waals surface area contributed by atoms with Crippen molar-refractivity contribution in [2.24, 2.45) is 0 Å². The molecular weight excluding hydrogens is 391 g/mol. The van der Waals surface area contributed by atoms with Crippen LogP contribution in [0.2, 0.25) is 0 Å². The van der Waals surface area contributed by atoms with E-state index in [0.717, 1.165) is 21.9 Å². The van der Waals surface area contributed by atoms with Gasteiger partial charge in [0.25, 0.3) is 0 Å². The summed E-state index contributed by atoms with van der Waals surface area (Å²) in [5.41, 5.74) is 5.38. The lowest BCUT2D eigenvalue weighted by Crippen LogP contribution is -2.07. The Kier molecular flexibility index (Phi) is 3.78. The van der Waals surface area contributed by atoms with E-state index in [1.54, 1.807) is 24.3 Å². The maximum Gasteiger partial charge on any atom is 0.417 e. The van der Waals surface area contributed by atoms with E-state index in [-0.39, 0.29) is 26.5 Å². The number of fused-ring (bicyclic) bond motifs is 1. The molecule has 3 nitrogen and oxygen atoms in total. The summed E-state index contributed by atoms with van der Waals surface area (Å²) in [5, 5.41) is 8.79. The molecule has 3 aromatic rings. The fourth-order valence-electron chi connectivity index (χ4n) is 2.20. The zero-order valence-electron chi connectivity index (χ0n) is 11.3. The number of nitrogens with two attached hydrogens (primary N) is 1. The van der Waals surface area contributed by atoms with Gasteiger partial charge in [0.2, 0.25) is 0 Å². The first-order chi connectivity index (χ1) is 10.8. The highest BCUT2D eigenvalue weighted by Crippen LogP contribution is 2.43. The number of thiophene rings is 1. The predicted molar refractivity (Wildman–Crippen MR) is 86.9 cm³/mol. The van der Waals surface area contributed by atoms with E-state index < -0.39 is 11.7 Å². The van der Waals surface area contributed by atoms with Crippen LogP contribution in [0.5, 0.6) is 0 Å². The zero-order valence-corrected chi connectivity index (χ0v) is 13.7. The zero-order chi connectivity index (χ0) is 16.8. The number of aromatic nitrogens is 1. The number of rotatable bonds is 1. The third kappa shape index (κ3) is 2.78. The van der Waals surface area contributed by atoms with E-state index in [1.807, 2.05) is 6.07 Å². The van der Waals surface area contributed by atoms with Crippen LogP contribution in [0, 0.1) is 11.3 Å². The quantitative estimate of drug-likeness (QED) is 0.613. The molecule has 0 aliphatic heterocycles. The molecule has 0 aliphatic carbocycles. The minimum atomic E-state index is -4.59. The molecule has 0 saturated heterocycles. The van der Waals surface area contributed by atoms with Crippen LogP contribution >= 0.6 is 27.3 Å². The first-order valence-electron chi connectivity index (χ1n) is 6.27. The standard InChI is InChI=1S/C15H7BrF3N3S/c16-8-3-1-7(2-4-8)10-5-9(15(17,18)19)12-13(21)11(6-20)23-14(12)22-10/h1-5H,21H2. The van der Waals surface area contributed by atoms with Crippen LogP contribution in [0.15, 0.2) is 34.8 Å². The first-order valence-corrected chi connectivity index (χ1v) is 7.88. The molecule has 0 spiro atoms. The molecule has 2 N–H and O–H groups in total. The number of hydrogen-bond acceptors (Lipinski definition) is 4. The number of hydrogen-bond donors (Lipinski definition) is 1. The van der Waals surface area contributed by atoms with E-state index >= 15 is 0 Å². The van der Waals surface area contributed by atoms with E-state index in [4.69, 9.17) is 11.0 Å². The Morgan fingerprint density at radius 1 is 1.22 bits per heavy atom. The Morgan fingerprint density at radius 3 is 2.43 bits per heavy atom. The highest BCUT2D eigenvalue weighted by Gasteiger charge is 2.35. The van der Waals surface area contributed by atoms with Crippen LogP contribution in [-0.2, 0) is 6.18 Å². The molecule has 0 aliphatic rings. The third-order valence-electron chi connectivity index (χ3n) is 3.25. The minimum Gasteiger partial charge on any atom is -0.396 e. The van der Waals surface area contributed by atoms with Crippen molar-refractivity contribution < 1.29 is 13.2 Å². The number of benzene rings is 1. The number of nitrogens with zero attached hydrogens (tertiary/aromatic N) is 2. The highest BCUT2D eigenvalue weighted by atomic mass is 79.9. The molecule has 8 heteroatoms. The van der Waals surface area contributed by atoms with E-state index in [0.29, 0.717) is 5.56 Å². The fourth-order valence-corrected chi connectivity index (χ4v) is 3.38. The van der Waals surface area contributed by atoms with E-state index in [2.05, 4.69) is 20.9 Å². The molecule has 2 aromatic heterocycles. The lowest BCUT2D eigenvalue weighted by atomic mass is 10.1. The van der Waals surface area contributed by atoms with Crippen molar-refractivity contribution >= 4 is 43.2 Å². The molecule has 0 bridgehead atoms. The van der Waals surface area contributed by atoms with Gasteiger partial charge in [0, 0.05) is 15.4 Å². The summed E-state index contributed by atoms with van der Waals surface area (Å²) in [5.74, 6) is 0. The van der Waals surface area contributed by atoms with E-state index in [1.165, 1.54) is 0 Å². The molecular formula is C15H7BrF3N3S. The topological polar surface area (TPSA) is 62.7 Å². The summed E-state index contributed by atoms with van der Waals surface area (Å²) < 4.78 is 41.0. The summed E-state index contributed by atoms with van der Waals surface area (Å²) in [4.78, 5) is 4.39. The van der Waals surface area contributed by atoms with Gasteiger partial charge in [-0.05, 0) is 18.2 Å². The van der Waals surface area contributed by atoms with Crippen molar-refractivity contribution in [2.45, 2.75) is 6.18 Å². The van der Waals surface area contributed by atoms with Gasteiger partial charge in [0.1, 0.15) is 15.8 Å². The van der Waals surface area contributed by atoms with Crippen LogP contribution < -0.4 is 5.73 Å². The van der Waals surface area contributed by atoms with Crippen molar-refractivity contribution in [2.75, 3.05) is 5.73 Å². The summed E-state index contributed by atoms with van der Waals surface area (Å²) in [7, 11) is 0. The van der Waals surface area contributed by atoms with Gasteiger partial charge in [0.05, 0.1) is 16.9 Å². The average Bonchev–Trinajstić information content (AvgIpc) is 2.82. The van der Waals surface area contributed by atoms with Crippen LogP contribution in [0.1, 0.15) is 10.4 Å². The fraction of sp³-hybridized carbons (Fsp3) is 0.0667. The Labute approximate surface area is 141 Å². The van der Waals surface area contributed by atoms with Gasteiger partial charge in [-0.15, -0.1) is 11.3 Å². The van der Waals surface area contributed by atoms with Crippen LogP contribution in [0.25, 0.3) is 21.5 Å². The molecule has 0 fully saturated rings. The maximum atomic E-state index is 13.4. The minimum absolute atomic E-state index is 0.0333. The number of halogens is 4.